The minimum absolute atomic E-state index is 0.106. The highest BCUT2D eigenvalue weighted by molar-refractivity contribution is 6.16. The molecule has 11 heteroatoms. The van der Waals surface area contributed by atoms with Gasteiger partial charge in [0.05, 0.1) is 11.3 Å². The number of pyridine rings is 1. The molecule has 2 aromatic carbocycles. The van der Waals surface area contributed by atoms with Gasteiger partial charge in [0.1, 0.15) is 0 Å². The lowest BCUT2D eigenvalue weighted by atomic mass is 9.84. The van der Waals surface area contributed by atoms with Crippen LogP contribution in [0.25, 0.3) is 10.8 Å². The first-order chi connectivity index (χ1) is 17.0. The number of carbonyl (C=O) groups is 1. The summed E-state index contributed by atoms with van der Waals surface area (Å²) < 4.78 is 82.6. The summed E-state index contributed by atoms with van der Waals surface area (Å²) in [7, 11) is 0. The van der Waals surface area contributed by atoms with Gasteiger partial charge in [0, 0.05) is 47.4 Å². The molecule has 0 spiro atoms. The maximum atomic E-state index is 14.3. The molecule has 2 aliphatic rings. The average molecular weight is 507 g/mol. The first kappa shape index (κ1) is 24.1. The molecule has 0 radical (unpaired) electrons. The van der Waals surface area contributed by atoms with E-state index < -0.39 is 35.5 Å². The number of halogens is 6. The second-order valence-corrected chi connectivity index (χ2v) is 8.94. The van der Waals surface area contributed by atoms with Gasteiger partial charge in [-0.25, -0.2) is 0 Å². The molecule has 36 heavy (non-hydrogen) atoms. The van der Waals surface area contributed by atoms with Crippen LogP contribution < -0.4 is 5.32 Å². The second-order valence-electron chi connectivity index (χ2n) is 8.94. The Balaban J connectivity index is 1.52. The summed E-state index contributed by atoms with van der Waals surface area (Å²) in [5.41, 5.74) is -4.55. The number of nitrogens with zero attached hydrogens (tertiary/aromatic N) is 2. The van der Waals surface area contributed by atoms with Crippen molar-refractivity contribution in [1.29, 1.82) is 0 Å². The summed E-state index contributed by atoms with van der Waals surface area (Å²) in [5, 5.41) is 7.37. The van der Waals surface area contributed by atoms with E-state index in [2.05, 4.69) is 15.5 Å². The first-order valence-corrected chi connectivity index (χ1v) is 11.1. The summed E-state index contributed by atoms with van der Waals surface area (Å²) in [4.78, 5) is 21.7. The molecule has 1 fully saturated rings. The number of nitrogens with one attached hydrogen (secondary N) is 1. The van der Waals surface area contributed by atoms with Crippen molar-refractivity contribution in [2.24, 2.45) is 11.1 Å². The lowest BCUT2D eigenvalue weighted by molar-refractivity contribution is -0.276. The van der Waals surface area contributed by atoms with Crippen molar-refractivity contribution >= 4 is 22.4 Å². The number of aromatic nitrogens is 1. The zero-order chi connectivity index (χ0) is 25.7. The Morgan fingerprint density at radius 1 is 1.06 bits per heavy atom. The summed E-state index contributed by atoms with van der Waals surface area (Å²) in [5.74, 6) is 0.124. The minimum atomic E-state index is -5.07. The van der Waals surface area contributed by atoms with Gasteiger partial charge in [-0.3, -0.25) is 9.78 Å². The third kappa shape index (κ3) is 4.27. The van der Waals surface area contributed by atoms with Gasteiger partial charge < -0.3 is 10.2 Å². The van der Waals surface area contributed by atoms with Crippen LogP contribution in [0.5, 0.6) is 0 Å². The van der Waals surface area contributed by atoms with E-state index in [1.165, 1.54) is 24.5 Å². The largest absolute Gasteiger partial charge is 0.435 e. The first-order valence-electron chi connectivity index (χ1n) is 11.1. The monoisotopic (exact) mass is 507 g/mol. The number of carbonyl (C=O) groups excluding carboxylic acids is 1. The highest BCUT2D eigenvalue weighted by Crippen LogP contribution is 2.50. The van der Waals surface area contributed by atoms with E-state index in [1.807, 2.05) is 0 Å². The van der Waals surface area contributed by atoms with E-state index in [9.17, 15) is 31.1 Å². The fourth-order valence-electron chi connectivity index (χ4n) is 4.29. The zero-order valence-corrected chi connectivity index (χ0v) is 18.6. The number of fused-ring (bicyclic) bond motifs is 1. The fourth-order valence-corrected chi connectivity index (χ4v) is 4.29. The number of benzene rings is 2. The predicted molar refractivity (Wildman–Crippen MR) is 118 cm³/mol. The number of oxime groups is 1. The standard InChI is InChI=1S/C25H19F6N3O2/c26-24(27,28)16-3-1-2-15(10-16)23(25(29,30)31)11-21(34-36-23)18-6-7-19(20-13-32-9-8-17(18)20)22(35)33-12-14-4-5-14/h1-3,6-10,13-14H,4-5,11-12H2,(H,33,35). The van der Waals surface area contributed by atoms with Crippen molar-refractivity contribution < 1.29 is 36.0 Å². The number of alkyl halides is 6. The van der Waals surface area contributed by atoms with Crippen molar-refractivity contribution in [1.82, 2.24) is 10.3 Å². The summed E-state index contributed by atoms with van der Waals surface area (Å²) in [6.45, 7) is 0.536. The highest BCUT2D eigenvalue weighted by Gasteiger charge is 2.62. The molecule has 0 bridgehead atoms. The van der Waals surface area contributed by atoms with Crippen LogP contribution in [0.4, 0.5) is 26.3 Å². The second kappa shape index (κ2) is 8.49. The molecule has 1 saturated carbocycles. The van der Waals surface area contributed by atoms with Crippen molar-refractivity contribution in [2.75, 3.05) is 6.54 Å². The van der Waals surface area contributed by atoms with E-state index in [0.717, 1.165) is 25.0 Å². The number of hydrogen-bond donors (Lipinski definition) is 1. The molecule has 2 heterocycles. The van der Waals surface area contributed by atoms with Gasteiger partial charge in [-0.05, 0) is 48.4 Å². The van der Waals surface area contributed by atoms with Crippen LogP contribution in [-0.4, -0.2) is 29.3 Å². The summed E-state index contributed by atoms with van der Waals surface area (Å²) in [6.07, 6.45) is -5.78. The number of rotatable bonds is 5. The molecule has 5 rings (SSSR count). The lowest BCUT2D eigenvalue weighted by Crippen LogP contribution is -2.42. The van der Waals surface area contributed by atoms with Gasteiger partial charge in [-0.2, -0.15) is 26.3 Å². The Morgan fingerprint density at radius 3 is 2.53 bits per heavy atom. The molecule has 0 saturated heterocycles. The van der Waals surface area contributed by atoms with Gasteiger partial charge in [0.25, 0.3) is 11.5 Å². The Labute approximate surface area is 201 Å². The van der Waals surface area contributed by atoms with Gasteiger partial charge >= 0.3 is 12.4 Å². The number of amides is 1. The highest BCUT2D eigenvalue weighted by atomic mass is 19.4. The average Bonchev–Trinajstić information content (AvgIpc) is 3.56. The molecule has 1 atom stereocenters. The number of hydrogen-bond acceptors (Lipinski definition) is 4. The van der Waals surface area contributed by atoms with Gasteiger partial charge in [-0.1, -0.05) is 23.4 Å². The predicted octanol–water partition coefficient (Wildman–Crippen LogP) is 5.98. The van der Waals surface area contributed by atoms with Crippen molar-refractivity contribution in [3.05, 3.63) is 77.1 Å². The third-order valence-corrected chi connectivity index (χ3v) is 6.46. The molecular weight excluding hydrogens is 488 g/mol. The molecule has 188 valence electrons. The van der Waals surface area contributed by atoms with E-state index in [-0.39, 0.29) is 17.2 Å². The van der Waals surface area contributed by atoms with Gasteiger partial charge in [0.15, 0.2) is 0 Å². The molecule has 5 nitrogen and oxygen atoms in total. The Bertz CT molecular complexity index is 1360. The van der Waals surface area contributed by atoms with E-state index in [0.29, 0.717) is 40.9 Å². The maximum Gasteiger partial charge on any atom is 0.435 e. The van der Waals surface area contributed by atoms with Crippen molar-refractivity contribution in [3.8, 4) is 0 Å². The van der Waals surface area contributed by atoms with Crippen LogP contribution in [0.1, 0.15) is 46.3 Å². The third-order valence-electron chi connectivity index (χ3n) is 6.46. The van der Waals surface area contributed by atoms with Crippen LogP contribution in [0, 0.1) is 5.92 Å². The smallest absolute Gasteiger partial charge is 0.374 e. The minimum Gasteiger partial charge on any atom is -0.374 e. The van der Waals surface area contributed by atoms with E-state index in [1.54, 1.807) is 6.07 Å². The maximum absolute atomic E-state index is 14.3. The zero-order valence-electron chi connectivity index (χ0n) is 18.6. The van der Waals surface area contributed by atoms with Crippen molar-refractivity contribution in [2.45, 2.75) is 37.2 Å². The van der Waals surface area contributed by atoms with Gasteiger partial charge in [-0.15, -0.1) is 0 Å². The molecule has 1 N–H and O–H groups in total. The van der Waals surface area contributed by atoms with Crippen molar-refractivity contribution in [3.63, 3.8) is 0 Å². The van der Waals surface area contributed by atoms with Crippen LogP contribution in [0.2, 0.25) is 0 Å². The Kier molecular flexibility index (Phi) is 5.68. The molecule has 1 unspecified atom stereocenters. The molecule has 1 amide bonds. The molecule has 1 aromatic heterocycles. The molecular formula is C25H19F6N3O2. The SMILES string of the molecule is O=C(NCC1CC1)c1ccc(C2=NOC(c3cccc(C(F)(F)F)c3)(C(F)(F)F)C2)c2ccncc12. The molecule has 3 aromatic rings. The normalized spacial score (nSPS) is 20.2. The van der Waals surface area contributed by atoms with E-state index >= 15 is 0 Å². The van der Waals surface area contributed by atoms with E-state index in [4.69, 9.17) is 4.84 Å². The van der Waals surface area contributed by atoms with Gasteiger partial charge in [0.2, 0.25) is 0 Å². The molecule has 1 aliphatic heterocycles. The van der Waals surface area contributed by atoms with Crippen LogP contribution >= 0.6 is 0 Å². The Hall–Kier alpha value is -3.63. The van der Waals surface area contributed by atoms with Crippen LogP contribution in [-0.2, 0) is 16.6 Å². The summed E-state index contributed by atoms with van der Waals surface area (Å²) in [6, 6.07) is 7.46. The fraction of sp³-hybridized carbons (Fsp3) is 0.320. The quantitative estimate of drug-likeness (QED) is 0.433. The topological polar surface area (TPSA) is 63.6 Å². The molecule has 1 aliphatic carbocycles. The summed E-state index contributed by atoms with van der Waals surface area (Å²) >= 11 is 0. The Morgan fingerprint density at radius 2 is 1.83 bits per heavy atom. The van der Waals surface area contributed by atoms with Crippen LogP contribution in [0.15, 0.2) is 60.0 Å². The lowest BCUT2D eigenvalue weighted by Gasteiger charge is -2.30. The van der Waals surface area contributed by atoms with Crippen LogP contribution in [0.3, 0.4) is 0 Å².